The lowest BCUT2D eigenvalue weighted by Crippen LogP contribution is -2.02. The van der Waals surface area contributed by atoms with Crippen molar-refractivity contribution in [3.63, 3.8) is 0 Å². The van der Waals surface area contributed by atoms with Gasteiger partial charge < -0.3 is 9.88 Å². The van der Waals surface area contributed by atoms with Crippen LogP contribution in [0.25, 0.3) is 10.2 Å². The van der Waals surface area contributed by atoms with E-state index in [1.165, 1.54) is 4.88 Å². The van der Waals surface area contributed by atoms with Gasteiger partial charge in [0.2, 0.25) is 5.95 Å². The number of hydrogen-bond acceptors (Lipinski definition) is 6. The van der Waals surface area contributed by atoms with Crippen LogP contribution in [0, 0.1) is 0 Å². The first-order valence-electron chi connectivity index (χ1n) is 6.90. The molecule has 110 valence electrons. The molecule has 3 aromatic rings. The van der Waals surface area contributed by atoms with Gasteiger partial charge in [0, 0.05) is 36.2 Å². The van der Waals surface area contributed by atoms with Gasteiger partial charge in [-0.25, -0.2) is 15.0 Å². The van der Waals surface area contributed by atoms with E-state index in [1.54, 1.807) is 29.3 Å². The van der Waals surface area contributed by atoms with Gasteiger partial charge in [0.05, 0.1) is 0 Å². The van der Waals surface area contributed by atoms with Gasteiger partial charge >= 0.3 is 0 Å². The Labute approximate surface area is 131 Å². The van der Waals surface area contributed by atoms with Crippen LogP contribution in [0.15, 0.2) is 28.6 Å². The third-order valence-electron chi connectivity index (χ3n) is 3.06. The minimum Gasteiger partial charge on any atom is -0.354 e. The molecule has 0 amide bonds. The van der Waals surface area contributed by atoms with E-state index in [0.717, 1.165) is 33.4 Å². The standard InChI is InChI=1S/C14H17N5S2/c1-4-9-8-10-11(20-9)17-13(15-5-2)18-12(10)21-14-16-6-7-19(14)3/h6-8H,4-5H2,1-3H3,(H,15,17,18). The summed E-state index contributed by atoms with van der Waals surface area (Å²) < 4.78 is 2.00. The second-order valence-corrected chi connectivity index (χ2v) is 6.66. The highest BCUT2D eigenvalue weighted by Gasteiger charge is 2.14. The molecular formula is C14H17N5S2. The van der Waals surface area contributed by atoms with Crippen LogP contribution >= 0.6 is 23.1 Å². The quantitative estimate of drug-likeness (QED) is 0.729. The van der Waals surface area contributed by atoms with E-state index in [4.69, 9.17) is 0 Å². The number of nitrogens with one attached hydrogen (secondary N) is 1. The summed E-state index contributed by atoms with van der Waals surface area (Å²) in [7, 11) is 1.99. The van der Waals surface area contributed by atoms with E-state index >= 15 is 0 Å². The smallest absolute Gasteiger partial charge is 0.225 e. The molecule has 3 heterocycles. The first-order valence-corrected chi connectivity index (χ1v) is 8.54. The Morgan fingerprint density at radius 2 is 2.19 bits per heavy atom. The zero-order valence-electron chi connectivity index (χ0n) is 12.3. The van der Waals surface area contributed by atoms with E-state index < -0.39 is 0 Å². The van der Waals surface area contributed by atoms with E-state index in [0.29, 0.717) is 5.95 Å². The van der Waals surface area contributed by atoms with Gasteiger partial charge in [-0.2, -0.15) is 0 Å². The van der Waals surface area contributed by atoms with Gasteiger partial charge in [-0.3, -0.25) is 0 Å². The van der Waals surface area contributed by atoms with Crippen molar-refractivity contribution < 1.29 is 0 Å². The Kier molecular flexibility index (Phi) is 4.12. The van der Waals surface area contributed by atoms with Gasteiger partial charge in [0.1, 0.15) is 9.86 Å². The average Bonchev–Trinajstić information content (AvgIpc) is 3.06. The highest BCUT2D eigenvalue weighted by atomic mass is 32.2. The summed E-state index contributed by atoms with van der Waals surface area (Å²) in [5.41, 5.74) is 0. The van der Waals surface area contributed by atoms with Crippen LogP contribution in [0.2, 0.25) is 0 Å². The van der Waals surface area contributed by atoms with Crippen LogP contribution in [-0.4, -0.2) is 26.1 Å². The van der Waals surface area contributed by atoms with E-state index in [9.17, 15) is 0 Å². The third kappa shape index (κ3) is 2.89. The van der Waals surface area contributed by atoms with Crippen molar-refractivity contribution in [3.05, 3.63) is 23.3 Å². The van der Waals surface area contributed by atoms with Crippen LogP contribution in [-0.2, 0) is 13.5 Å². The number of aromatic nitrogens is 4. The maximum absolute atomic E-state index is 4.65. The summed E-state index contributed by atoms with van der Waals surface area (Å²) in [6.07, 6.45) is 4.76. The van der Waals surface area contributed by atoms with Gasteiger partial charge in [0.15, 0.2) is 5.16 Å². The fraction of sp³-hybridized carbons (Fsp3) is 0.357. The van der Waals surface area contributed by atoms with E-state index in [-0.39, 0.29) is 0 Å². The summed E-state index contributed by atoms with van der Waals surface area (Å²) in [4.78, 5) is 16.0. The van der Waals surface area contributed by atoms with Crippen LogP contribution in [0.1, 0.15) is 18.7 Å². The van der Waals surface area contributed by atoms with Gasteiger partial charge in [-0.1, -0.05) is 6.92 Å². The summed E-state index contributed by atoms with van der Waals surface area (Å²) in [6, 6.07) is 2.20. The molecule has 0 spiro atoms. The molecule has 3 rings (SSSR count). The van der Waals surface area contributed by atoms with E-state index in [2.05, 4.69) is 33.3 Å². The summed E-state index contributed by atoms with van der Waals surface area (Å²) in [5.74, 6) is 0.686. The topological polar surface area (TPSA) is 55.6 Å². The number of hydrogen-bond donors (Lipinski definition) is 1. The van der Waals surface area contributed by atoms with Gasteiger partial charge in [-0.05, 0) is 31.2 Å². The largest absolute Gasteiger partial charge is 0.354 e. The fourth-order valence-electron chi connectivity index (χ4n) is 1.97. The van der Waals surface area contributed by atoms with Crippen LogP contribution in [0.4, 0.5) is 5.95 Å². The van der Waals surface area contributed by atoms with Gasteiger partial charge in [-0.15, -0.1) is 11.3 Å². The van der Waals surface area contributed by atoms with Crippen molar-refractivity contribution >= 4 is 39.3 Å². The molecule has 0 fully saturated rings. The van der Waals surface area contributed by atoms with Crippen molar-refractivity contribution in [1.82, 2.24) is 19.5 Å². The highest BCUT2D eigenvalue weighted by molar-refractivity contribution is 7.99. The Morgan fingerprint density at radius 1 is 1.33 bits per heavy atom. The molecule has 0 atom stereocenters. The molecule has 3 aromatic heterocycles. The lowest BCUT2D eigenvalue weighted by molar-refractivity contribution is 0.789. The predicted molar refractivity (Wildman–Crippen MR) is 88.3 cm³/mol. The lowest BCUT2D eigenvalue weighted by atomic mass is 10.3. The average molecular weight is 319 g/mol. The molecule has 0 aromatic carbocycles. The lowest BCUT2D eigenvalue weighted by Gasteiger charge is -2.06. The zero-order valence-corrected chi connectivity index (χ0v) is 13.9. The van der Waals surface area contributed by atoms with Gasteiger partial charge in [0.25, 0.3) is 0 Å². The first kappa shape index (κ1) is 14.3. The Bertz CT molecular complexity index is 762. The summed E-state index contributed by atoms with van der Waals surface area (Å²) in [6.45, 7) is 5.02. The molecule has 0 bridgehead atoms. The van der Waals surface area contributed by atoms with Crippen LogP contribution in [0.5, 0.6) is 0 Å². The Balaban J connectivity index is 2.09. The highest BCUT2D eigenvalue weighted by Crippen LogP contribution is 2.35. The maximum Gasteiger partial charge on any atom is 0.225 e. The maximum atomic E-state index is 4.65. The molecule has 0 aliphatic rings. The number of thiophene rings is 1. The fourth-order valence-corrected chi connectivity index (χ4v) is 3.89. The number of imidazole rings is 1. The number of nitrogens with zero attached hydrogens (tertiary/aromatic N) is 4. The Morgan fingerprint density at radius 3 is 2.86 bits per heavy atom. The molecule has 21 heavy (non-hydrogen) atoms. The minimum absolute atomic E-state index is 0.686. The number of aryl methyl sites for hydroxylation is 2. The van der Waals surface area contributed by atoms with Crippen molar-refractivity contribution in [1.29, 1.82) is 0 Å². The molecule has 7 heteroatoms. The third-order valence-corrected chi connectivity index (χ3v) is 5.31. The normalized spacial score (nSPS) is 11.2. The molecule has 0 saturated heterocycles. The molecule has 5 nitrogen and oxygen atoms in total. The summed E-state index contributed by atoms with van der Waals surface area (Å²) in [5, 5.41) is 6.21. The predicted octanol–water partition coefficient (Wildman–Crippen LogP) is 3.57. The first-order chi connectivity index (χ1) is 10.2. The molecule has 0 unspecified atom stereocenters. The van der Waals surface area contributed by atoms with Crippen molar-refractivity contribution in [2.75, 3.05) is 11.9 Å². The summed E-state index contributed by atoms with van der Waals surface area (Å²) >= 11 is 3.32. The molecular weight excluding hydrogens is 302 g/mol. The monoisotopic (exact) mass is 319 g/mol. The van der Waals surface area contributed by atoms with Crippen molar-refractivity contribution in [2.45, 2.75) is 30.5 Å². The SMILES string of the molecule is CCNc1nc(Sc2nccn2C)c2cc(CC)sc2n1. The number of anilines is 1. The molecule has 0 saturated carbocycles. The molecule has 0 aliphatic heterocycles. The second kappa shape index (κ2) is 6.03. The van der Waals surface area contributed by atoms with Crippen LogP contribution in [0.3, 0.4) is 0 Å². The van der Waals surface area contributed by atoms with Crippen molar-refractivity contribution in [3.8, 4) is 0 Å². The van der Waals surface area contributed by atoms with Crippen molar-refractivity contribution in [2.24, 2.45) is 7.05 Å². The molecule has 0 aliphatic carbocycles. The van der Waals surface area contributed by atoms with E-state index in [1.807, 2.05) is 24.7 Å². The number of rotatable bonds is 5. The molecule has 0 radical (unpaired) electrons. The number of fused-ring (bicyclic) bond motifs is 1. The van der Waals surface area contributed by atoms with Crippen LogP contribution < -0.4 is 5.32 Å². The molecule has 1 N–H and O–H groups in total. The Hall–Kier alpha value is -1.60. The second-order valence-electron chi connectivity index (χ2n) is 4.59. The zero-order chi connectivity index (χ0) is 14.8. The minimum atomic E-state index is 0.686.